The molecule has 1 N–H and O–H groups in total. The van der Waals surface area contributed by atoms with E-state index in [1.165, 1.54) is 6.26 Å². The van der Waals surface area contributed by atoms with Gasteiger partial charge in [0.15, 0.2) is 0 Å². The number of benzene rings is 1. The lowest BCUT2D eigenvalue weighted by atomic mass is 10.1. The van der Waals surface area contributed by atoms with Crippen LogP contribution < -0.4 is 9.46 Å². The molecule has 0 aliphatic heterocycles. The highest BCUT2D eigenvalue weighted by Gasteiger charge is 2.04. The zero-order valence-corrected chi connectivity index (χ0v) is 11.3. The maximum absolute atomic E-state index is 10.9. The zero-order valence-electron chi connectivity index (χ0n) is 10.5. The van der Waals surface area contributed by atoms with Crippen molar-refractivity contribution < 1.29 is 13.2 Å². The van der Waals surface area contributed by atoms with E-state index in [9.17, 15) is 8.42 Å². The number of aryl methyl sites for hydroxylation is 1. The van der Waals surface area contributed by atoms with E-state index < -0.39 is 10.0 Å². The first-order chi connectivity index (χ1) is 7.96. The Hall–Kier alpha value is -1.07. The summed E-state index contributed by atoms with van der Waals surface area (Å²) in [7, 11) is -1.45. The number of hydrogen-bond acceptors (Lipinski definition) is 3. The Morgan fingerprint density at radius 1 is 1.35 bits per heavy atom. The average molecular weight is 257 g/mol. The first kappa shape index (κ1) is 14.0. The number of methoxy groups -OCH3 is 1. The van der Waals surface area contributed by atoms with Crippen LogP contribution >= 0.6 is 0 Å². The summed E-state index contributed by atoms with van der Waals surface area (Å²) >= 11 is 0. The van der Waals surface area contributed by atoms with E-state index in [0.29, 0.717) is 13.0 Å². The molecule has 0 saturated carbocycles. The van der Waals surface area contributed by atoms with Crippen LogP contribution in [0.1, 0.15) is 18.1 Å². The smallest absolute Gasteiger partial charge is 0.208 e. The SMILES string of the molecule is CCc1cc(CCNS(C)(=O)=O)ccc1OC. The number of ether oxygens (including phenoxy) is 1. The summed E-state index contributed by atoms with van der Waals surface area (Å²) in [5.74, 6) is 0.882. The molecule has 0 radical (unpaired) electrons. The number of nitrogens with one attached hydrogen (secondary N) is 1. The Bertz CT molecular complexity index is 469. The van der Waals surface area contributed by atoms with Gasteiger partial charge in [0.25, 0.3) is 0 Å². The predicted molar refractivity (Wildman–Crippen MR) is 68.9 cm³/mol. The van der Waals surface area contributed by atoms with Gasteiger partial charge < -0.3 is 4.74 Å². The van der Waals surface area contributed by atoms with Crippen molar-refractivity contribution in [3.05, 3.63) is 29.3 Å². The molecular formula is C12H19NO3S. The maximum Gasteiger partial charge on any atom is 0.208 e. The van der Waals surface area contributed by atoms with Crippen LogP contribution in [0.5, 0.6) is 5.75 Å². The second kappa shape index (κ2) is 6.02. The molecule has 0 unspecified atom stereocenters. The molecule has 0 aliphatic carbocycles. The van der Waals surface area contributed by atoms with Gasteiger partial charge in [-0.15, -0.1) is 0 Å². The Labute approximate surface area is 103 Å². The van der Waals surface area contributed by atoms with Crippen molar-refractivity contribution in [2.24, 2.45) is 0 Å². The second-order valence-electron chi connectivity index (χ2n) is 3.92. The molecule has 5 heteroatoms. The van der Waals surface area contributed by atoms with Gasteiger partial charge in [-0.3, -0.25) is 0 Å². The van der Waals surface area contributed by atoms with Crippen molar-refractivity contribution in [3.8, 4) is 5.75 Å². The fourth-order valence-electron chi connectivity index (χ4n) is 1.64. The van der Waals surface area contributed by atoms with Crippen LogP contribution in [0.15, 0.2) is 18.2 Å². The lowest BCUT2D eigenvalue weighted by Crippen LogP contribution is -2.24. The molecule has 96 valence electrons. The van der Waals surface area contributed by atoms with Gasteiger partial charge in [-0.1, -0.05) is 19.1 Å². The van der Waals surface area contributed by atoms with E-state index in [0.717, 1.165) is 23.3 Å². The Balaban J connectivity index is 2.66. The van der Waals surface area contributed by atoms with Crippen molar-refractivity contribution in [1.82, 2.24) is 4.72 Å². The van der Waals surface area contributed by atoms with Crippen LogP contribution in [-0.4, -0.2) is 28.3 Å². The number of hydrogen-bond donors (Lipinski definition) is 1. The zero-order chi connectivity index (χ0) is 12.9. The Kier molecular flexibility index (Phi) is 4.96. The van der Waals surface area contributed by atoms with Gasteiger partial charge in [0.2, 0.25) is 10.0 Å². The van der Waals surface area contributed by atoms with E-state index in [2.05, 4.69) is 17.7 Å². The highest BCUT2D eigenvalue weighted by atomic mass is 32.2. The van der Waals surface area contributed by atoms with Crippen molar-refractivity contribution >= 4 is 10.0 Å². The molecule has 0 bridgehead atoms. The summed E-state index contributed by atoms with van der Waals surface area (Å²) in [5.41, 5.74) is 2.25. The molecule has 0 heterocycles. The minimum absolute atomic E-state index is 0.425. The second-order valence-corrected chi connectivity index (χ2v) is 5.75. The summed E-state index contributed by atoms with van der Waals surface area (Å²) < 4.78 is 29.5. The summed E-state index contributed by atoms with van der Waals surface area (Å²) in [5, 5.41) is 0. The van der Waals surface area contributed by atoms with Crippen LogP contribution in [0, 0.1) is 0 Å². The van der Waals surface area contributed by atoms with E-state index in [1.807, 2.05) is 12.1 Å². The lowest BCUT2D eigenvalue weighted by molar-refractivity contribution is 0.410. The van der Waals surface area contributed by atoms with Gasteiger partial charge in [0.1, 0.15) is 5.75 Å². The fraction of sp³-hybridized carbons (Fsp3) is 0.500. The third-order valence-corrected chi connectivity index (χ3v) is 3.23. The summed E-state index contributed by atoms with van der Waals surface area (Å²) in [6, 6.07) is 5.94. The minimum atomic E-state index is -3.10. The molecule has 1 rings (SSSR count). The summed E-state index contributed by atoms with van der Waals surface area (Å²) in [4.78, 5) is 0. The van der Waals surface area contributed by atoms with Crippen molar-refractivity contribution in [3.63, 3.8) is 0 Å². The van der Waals surface area contributed by atoms with Gasteiger partial charge in [-0.2, -0.15) is 0 Å². The molecule has 1 aromatic carbocycles. The van der Waals surface area contributed by atoms with Gasteiger partial charge in [0, 0.05) is 6.54 Å². The molecule has 0 aromatic heterocycles. The van der Waals surface area contributed by atoms with Crippen LogP contribution in [0.3, 0.4) is 0 Å². The van der Waals surface area contributed by atoms with Gasteiger partial charge in [-0.05, 0) is 30.0 Å². The summed E-state index contributed by atoms with van der Waals surface area (Å²) in [6.07, 6.45) is 2.75. The topological polar surface area (TPSA) is 55.4 Å². The number of rotatable bonds is 6. The van der Waals surface area contributed by atoms with Crippen LogP contribution in [-0.2, 0) is 22.9 Å². The van der Waals surface area contributed by atoms with E-state index >= 15 is 0 Å². The minimum Gasteiger partial charge on any atom is -0.496 e. The fourth-order valence-corrected chi connectivity index (χ4v) is 2.12. The van der Waals surface area contributed by atoms with Crippen molar-refractivity contribution in [2.45, 2.75) is 19.8 Å². The van der Waals surface area contributed by atoms with Crippen LogP contribution in [0.25, 0.3) is 0 Å². The quantitative estimate of drug-likeness (QED) is 0.837. The molecule has 4 nitrogen and oxygen atoms in total. The Morgan fingerprint density at radius 3 is 2.59 bits per heavy atom. The van der Waals surface area contributed by atoms with E-state index in [4.69, 9.17) is 4.74 Å². The third kappa shape index (κ3) is 4.75. The standard InChI is InChI=1S/C12H19NO3S/c1-4-11-9-10(5-6-12(11)16-2)7-8-13-17(3,14)15/h5-6,9,13H,4,7-8H2,1-3H3. The number of sulfonamides is 1. The molecule has 0 spiro atoms. The summed E-state index contributed by atoms with van der Waals surface area (Å²) in [6.45, 7) is 2.49. The third-order valence-electron chi connectivity index (χ3n) is 2.50. The highest BCUT2D eigenvalue weighted by molar-refractivity contribution is 7.88. The molecule has 0 fully saturated rings. The molecule has 0 aliphatic rings. The predicted octanol–water partition coefficient (Wildman–Crippen LogP) is 1.35. The first-order valence-electron chi connectivity index (χ1n) is 5.56. The lowest BCUT2D eigenvalue weighted by Gasteiger charge is -2.09. The van der Waals surface area contributed by atoms with E-state index in [-0.39, 0.29) is 0 Å². The van der Waals surface area contributed by atoms with Crippen molar-refractivity contribution in [1.29, 1.82) is 0 Å². The molecule has 17 heavy (non-hydrogen) atoms. The molecular weight excluding hydrogens is 238 g/mol. The highest BCUT2D eigenvalue weighted by Crippen LogP contribution is 2.20. The largest absolute Gasteiger partial charge is 0.496 e. The van der Waals surface area contributed by atoms with Gasteiger partial charge in [0.05, 0.1) is 13.4 Å². The Morgan fingerprint density at radius 2 is 2.06 bits per heavy atom. The first-order valence-corrected chi connectivity index (χ1v) is 7.46. The van der Waals surface area contributed by atoms with Crippen LogP contribution in [0.2, 0.25) is 0 Å². The average Bonchev–Trinajstić information content (AvgIpc) is 2.27. The monoisotopic (exact) mass is 257 g/mol. The van der Waals surface area contributed by atoms with Crippen LogP contribution in [0.4, 0.5) is 0 Å². The molecule has 0 saturated heterocycles. The normalized spacial score (nSPS) is 11.5. The van der Waals surface area contributed by atoms with Gasteiger partial charge >= 0.3 is 0 Å². The maximum atomic E-state index is 10.9. The molecule has 0 amide bonds. The van der Waals surface area contributed by atoms with Crippen molar-refractivity contribution in [2.75, 3.05) is 19.9 Å². The molecule has 1 aromatic rings. The van der Waals surface area contributed by atoms with E-state index in [1.54, 1.807) is 7.11 Å². The van der Waals surface area contributed by atoms with Gasteiger partial charge in [-0.25, -0.2) is 13.1 Å². The molecule has 0 atom stereocenters.